The van der Waals surface area contributed by atoms with Gasteiger partial charge in [0, 0.05) is 6.92 Å². The number of carboxylic acid groups (broad SMARTS) is 1. The third-order valence-electron chi connectivity index (χ3n) is 2.47. The van der Waals surface area contributed by atoms with Crippen molar-refractivity contribution in [2.24, 2.45) is 0 Å². The zero-order chi connectivity index (χ0) is 15.2. The van der Waals surface area contributed by atoms with Gasteiger partial charge in [-0.25, -0.2) is 0 Å². The van der Waals surface area contributed by atoms with E-state index in [0.29, 0.717) is 0 Å². The summed E-state index contributed by atoms with van der Waals surface area (Å²) < 4.78 is 0. The third kappa shape index (κ3) is 5.94. The van der Waals surface area contributed by atoms with Gasteiger partial charge in [-0.05, 0) is 0 Å². The molecule has 0 aromatic carbocycles. The van der Waals surface area contributed by atoms with E-state index in [1.165, 1.54) is 0 Å². The fraction of sp³-hybridized carbons (Fsp3) is 0.800. The van der Waals surface area contributed by atoms with Crippen molar-refractivity contribution in [3.8, 4) is 0 Å². The Labute approximate surface area is 109 Å². The van der Waals surface area contributed by atoms with Gasteiger partial charge in [-0.2, -0.15) is 0 Å². The minimum Gasteiger partial charge on any atom is -0.481 e. The second kappa shape index (κ2) is 8.02. The third-order valence-corrected chi connectivity index (χ3v) is 2.47. The van der Waals surface area contributed by atoms with Crippen LogP contribution < -0.4 is 5.32 Å². The van der Waals surface area contributed by atoms with E-state index in [0.717, 1.165) is 6.92 Å². The molecule has 0 bridgehead atoms. The van der Waals surface area contributed by atoms with Crippen LogP contribution in [0.25, 0.3) is 0 Å². The summed E-state index contributed by atoms with van der Waals surface area (Å²) in [4.78, 5) is 21.4. The highest BCUT2D eigenvalue weighted by Crippen LogP contribution is 2.11. The number of aliphatic carboxylic acids is 1. The molecular formula is C10H19NO8. The Kier molecular flexibility index (Phi) is 7.49. The first kappa shape index (κ1) is 17.7. The van der Waals surface area contributed by atoms with Gasteiger partial charge in [0.15, 0.2) is 0 Å². The van der Waals surface area contributed by atoms with E-state index in [1.54, 1.807) is 0 Å². The lowest BCUT2D eigenvalue weighted by molar-refractivity contribution is -0.143. The number of carboxylic acids is 1. The van der Waals surface area contributed by atoms with Gasteiger partial charge in [0.1, 0.15) is 18.3 Å². The Hall–Kier alpha value is -1.26. The Bertz CT molecular complexity index is 310. The van der Waals surface area contributed by atoms with E-state index in [2.05, 4.69) is 5.32 Å². The van der Waals surface area contributed by atoms with E-state index < -0.39 is 55.4 Å². The summed E-state index contributed by atoms with van der Waals surface area (Å²) >= 11 is 0. The van der Waals surface area contributed by atoms with Crippen molar-refractivity contribution in [1.29, 1.82) is 0 Å². The monoisotopic (exact) mass is 281 g/mol. The molecule has 0 aromatic rings. The van der Waals surface area contributed by atoms with E-state index in [4.69, 9.17) is 10.2 Å². The molecule has 0 aliphatic heterocycles. The number of amides is 1. The first-order valence-corrected chi connectivity index (χ1v) is 5.52. The van der Waals surface area contributed by atoms with Crippen LogP contribution in [-0.4, -0.2) is 79.6 Å². The number of nitrogens with one attached hydrogen (secondary N) is 1. The Morgan fingerprint density at radius 1 is 1.05 bits per heavy atom. The van der Waals surface area contributed by atoms with Crippen LogP contribution in [-0.2, 0) is 9.59 Å². The Morgan fingerprint density at radius 3 is 1.95 bits per heavy atom. The maximum atomic E-state index is 10.9. The minimum atomic E-state index is -1.86. The molecule has 0 aromatic heterocycles. The maximum Gasteiger partial charge on any atom is 0.306 e. The molecule has 7 N–H and O–H groups in total. The Balaban J connectivity index is 4.91. The van der Waals surface area contributed by atoms with Crippen molar-refractivity contribution in [2.45, 2.75) is 43.8 Å². The lowest BCUT2D eigenvalue weighted by atomic mass is 9.95. The fourth-order valence-electron chi connectivity index (χ4n) is 1.50. The molecule has 0 heterocycles. The highest BCUT2D eigenvalue weighted by Gasteiger charge is 2.36. The first-order chi connectivity index (χ1) is 8.70. The lowest BCUT2D eigenvalue weighted by Gasteiger charge is -2.31. The molecule has 0 aliphatic carbocycles. The summed E-state index contributed by atoms with van der Waals surface area (Å²) in [5, 5.41) is 57.2. The number of hydrogen-bond acceptors (Lipinski definition) is 7. The molecular weight excluding hydrogens is 262 g/mol. The SMILES string of the molecule is CC(=O)N[C@@H]([C@H](O)[C@H](O)[C@H](O)CO)[C@H](O)CC(=O)O. The van der Waals surface area contributed by atoms with E-state index in [1.807, 2.05) is 0 Å². The predicted molar refractivity (Wildman–Crippen MR) is 61.0 cm³/mol. The summed E-state index contributed by atoms with van der Waals surface area (Å²) in [6, 6.07) is -1.50. The molecule has 0 saturated heterocycles. The van der Waals surface area contributed by atoms with Crippen molar-refractivity contribution >= 4 is 11.9 Å². The second-order valence-electron chi connectivity index (χ2n) is 4.12. The van der Waals surface area contributed by atoms with Crippen molar-refractivity contribution in [2.75, 3.05) is 6.61 Å². The van der Waals surface area contributed by atoms with Crippen molar-refractivity contribution in [3.63, 3.8) is 0 Å². The zero-order valence-electron chi connectivity index (χ0n) is 10.3. The highest BCUT2D eigenvalue weighted by atomic mass is 16.4. The normalized spacial score (nSPS) is 19.1. The average molecular weight is 281 g/mol. The van der Waals surface area contributed by atoms with Crippen LogP contribution in [0.15, 0.2) is 0 Å². The molecule has 0 saturated carbocycles. The van der Waals surface area contributed by atoms with Gasteiger partial charge in [0.2, 0.25) is 5.91 Å². The van der Waals surface area contributed by atoms with Gasteiger partial charge < -0.3 is 36.0 Å². The highest BCUT2D eigenvalue weighted by molar-refractivity contribution is 5.73. The number of aliphatic hydroxyl groups excluding tert-OH is 5. The van der Waals surface area contributed by atoms with Crippen LogP contribution >= 0.6 is 0 Å². The number of rotatable bonds is 8. The molecule has 0 unspecified atom stereocenters. The summed E-state index contributed by atoms with van der Waals surface area (Å²) in [5.74, 6) is -2.04. The van der Waals surface area contributed by atoms with Gasteiger partial charge >= 0.3 is 5.97 Å². The van der Waals surface area contributed by atoms with Gasteiger partial charge in [0.25, 0.3) is 0 Å². The van der Waals surface area contributed by atoms with Gasteiger partial charge in [-0.15, -0.1) is 0 Å². The molecule has 0 fully saturated rings. The fourth-order valence-corrected chi connectivity index (χ4v) is 1.50. The quantitative estimate of drug-likeness (QED) is 0.239. The van der Waals surface area contributed by atoms with E-state index >= 15 is 0 Å². The molecule has 9 nitrogen and oxygen atoms in total. The van der Waals surface area contributed by atoms with Crippen LogP contribution in [0, 0.1) is 0 Å². The summed E-state index contributed by atoms with van der Waals surface area (Å²) in [7, 11) is 0. The minimum absolute atomic E-state index is 0.667. The van der Waals surface area contributed by atoms with Gasteiger partial charge in [-0.1, -0.05) is 0 Å². The summed E-state index contributed by atoms with van der Waals surface area (Å²) in [6.07, 6.45) is -7.84. The lowest BCUT2D eigenvalue weighted by Crippen LogP contribution is -2.57. The van der Waals surface area contributed by atoms with E-state index in [9.17, 15) is 30.0 Å². The molecule has 0 spiro atoms. The van der Waals surface area contributed by atoms with Crippen LogP contribution in [0.1, 0.15) is 13.3 Å². The van der Waals surface area contributed by atoms with Crippen molar-refractivity contribution < 1.29 is 40.2 Å². The van der Waals surface area contributed by atoms with Crippen LogP contribution in [0.3, 0.4) is 0 Å². The smallest absolute Gasteiger partial charge is 0.306 e. The maximum absolute atomic E-state index is 10.9. The van der Waals surface area contributed by atoms with Crippen molar-refractivity contribution in [3.05, 3.63) is 0 Å². The van der Waals surface area contributed by atoms with E-state index in [-0.39, 0.29) is 0 Å². The molecule has 0 aliphatic rings. The molecule has 19 heavy (non-hydrogen) atoms. The summed E-state index contributed by atoms with van der Waals surface area (Å²) in [6.45, 7) is 0.224. The molecule has 112 valence electrons. The Morgan fingerprint density at radius 2 is 1.58 bits per heavy atom. The van der Waals surface area contributed by atoms with Crippen molar-refractivity contribution in [1.82, 2.24) is 5.32 Å². The molecule has 0 rings (SSSR count). The predicted octanol–water partition coefficient (Wildman–Crippen LogP) is -3.60. The van der Waals surface area contributed by atoms with Crippen LogP contribution in [0.4, 0.5) is 0 Å². The zero-order valence-corrected chi connectivity index (χ0v) is 10.3. The van der Waals surface area contributed by atoms with Gasteiger partial charge in [0.05, 0.1) is 25.2 Å². The molecule has 9 heteroatoms. The standard InChI is InChI=1S/C10H19NO8/c1-4(13)11-8(5(14)2-7(16)17)10(19)9(18)6(15)3-12/h5-6,8-10,12,14-15,18-19H,2-3H2,1H3,(H,11,13)(H,16,17)/t5-,6-,8-,9-,10+/m1/s1. The molecule has 0 radical (unpaired) electrons. The summed E-state index contributed by atoms with van der Waals surface area (Å²) in [5.41, 5.74) is 0. The van der Waals surface area contributed by atoms with Crippen LogP contribution in [0.2, 0.25) is 0 Å². The molecule has 1 amide bonds. The number of carbonyl (C=O) groups is 2. The van der Waals surface area contributed by atoms with Gasteiger partial charge in [-0.3, -0.25) is 9.59 Å². The first-order valence-electron chi connectivity index (χ1n) is 5.52. The topological polar surface area (TPSA) is 168 Å². The number of aliphatic hydroxyl groups is 5. The average Bonchev–Trinajstić information content (AvgIpc) is 2.31. The number of hydrogen-bond donors (Lipinski definition) is 7. The number of carbonyl (C=O) groups excluding carboxylic acids is 1. The largest absolute Gasteiger partial charge is 0.481 e. The second-order valence-corrected chi connectivity index (χ2v) is 4.12. The molecule has 5 atom stereocenters. The van der Waals surface area contributed by atoms with Crippen LogP contribution in [0.5, 0.6) is 0 Å².